The molecule has 0 saturated heterocycles. The van der Waals surface area contributed by atoms with Gasteiger partial charge in [-0.25, -0.2) is 10.1 Å². The van der Waals surface area contributed by atoms with Crippen LogP contribution in [-0.4, -0.2) is 37.7 Å². The zero-order valence-electron chi connectivity index (χ0n) is 16.8. The molecule has 8 nitrogen and oxygen atoms in total. The van der Waals surface area contributed by atoms with Crippen LogP contribution in [0.1, 0.15) is 18.2 Å². The van der Waals surface area contributed by atoms with Crippen LogP contribution in [0.25, 0.3) is 22.4 Å². The lowest BCUT2D eigenvalue weighted by Crippen LogP contribution is -2.15. The quantitative estimate of drug-likeness (QED) is 0.394. The second kappa shape index (κ2) is 8.03. The van der Waals surface area contributed by atoms with Gasteiger partial charge in [0.25, 0.3) is 0 Å². The molecule has 1 aromatic carbocycles. The van der Waals surface area contributed by atoms with E-state index in [-0.39, 0.29) is 5.43 Å². The molecule has 152 valence electrons. The molecule has 0 saturated carbocycles. The van der Waals surface area contributed by atoms with Crippen molar-refractivity contribution in [2.24, 2.45) is 5.10 Å². The minimum Gasteiger partial charge on any atom is -0.497 e. The number of hydrogen-bond donors (Lipinski definition) is 1. The first-order chi connectivity index (χ1) is 14.5. The van der Waals surface area contributed by atoms with Crippen molar-refractivity contribution in [3.8, 4) is 17.1 Å². The summed E-state index contributed by atoms with van der Waals surface area (Å²) in [6, 6.07) is 11.1. The Hall–Kier alpha value is -3.59. The number of ether oxygens (including phenoxy) is 1. The molecule has 4 aromatic rings. The number of aryl methyl sites for hydroxylation is 2. The van der Waals surface area contributed by atoms with Crippen LogP contribution in [0.4, 0.5) is 0 Å². The first-order valence-electron chi connectivity index (χ1n) is 9.39. The molecule has 0 amide bonds. The van der Waals surface area contributed by atoms with Crippen molar-refractivity contribution in [1.82, 2.24) is 24.4 Å². The summed E-state index contributed by atoms with van der Waals surface area (Å²) in [4.78, 5) is 17.7. The van der Waals surface area contributed by atoms with Crippen molar-refractivity contribution in [3.63, 3.8) is 0 Å². The highest BCUT2D eigenvalue weighted by Crippen LogP contribution is 2.18. The van der Waals surface area contributed by atoms with Crippen molar-refractivity contribution < 1.29 is 4.74 Å². The maximum atomic E-state index is 13.2. The zero-order valence-corrected chi connectivity index (χ0v) is 17.6. The Balaban J connectivity index is 1.84. The van der Waals surface area contributed by atoms with E-state index in [9.17, 15) is 4.79 Å². The number of nitrogens with one attached hydrogen (secondary N) is 1. The molecule has 0 aliphatic carbocycles. The summed E-state index contributed by atoms with van der Waals surface area (Å²) in [5, 5.41) is 12.0. The van der Waals surface area contributed by atoms with E-state index in [1.165, 1.54) is 4.68 Å². The highest BCUT2D eigenvalue weighted by atomic mass is 32.1. The van der Waals surface area contributed by atoms with Gasteiger partial charge in [0.2, 0.25) is 10.2 Å². The fourth-order valence-corrected chi connectivity index (χ4v) is 3.33. The van der Waals surface area contributed by atoms with Crippen molar-refractivity contribution >= 4 is 29.5 Å². The van der Waals surface area contributed by atoms with Gasteiger partial charge in [0.05, 0.1) is 24.3 Å². The fourth-order valence-electron chi connectivity index (χ4n) is 3.15. The topological polar surface area (TPSA) is 90.1 Å². The lowest BCUT2D eigenvalue weighted by molar-refractivity contribution is 0.415. The summed E-state index contributed by atoms with van der Waals surface area (Å²) in [7, 11) is 1.61. The van der Waals surface area contributed by atoms with E-state index in [4.69, 9.17) is 17.0 Å². The van der Waals surface area contributed by atoms with E-state index in [0.717, 1.165) is 17.0 Å². The Kier molecular flexibility index (Phi) is 5.28. The number of rotatable bonds is 5. The van der Waals surface area contributed by atoms with Gasteiger partial charge >= 0.3 is 0 Å². The molecule has 30 heavy (non-hydrogen) atoms. The number of methoxy groups -OCH3 is 1. The van der Waals surface area contributed by atoms with Crippen LogP contribution in [0.3, 0.4) is 0 Å². The smallest absolute Gasteiger partial charge is 0.216 e. The van der Waals surface area contributed by atoms with Crippen molar-refractivity contribution in [3.05, 3.63) is 68.8 Å². The molecule has 0 bridgehead atoms. The molecule has 0 unspecified atom stereocenters. The molecule has 4 rings (SSSR count). The Morgan fingerprint density at radius 1 is 1.23 bits per heavy atom. The highest BCUT2D eigenvalue weighted by molar-refractivity contribution is 7.71. The van der Waals surface area contributed by atoms with Gasteiger partial charge in [-0.2, -0.15) is 14.9 Å². The Morgan fingerprint density at radius 3 is 2.70 bits per heavy atom. The minimum absolute atomic E-state index is 0.169. The van der Waals surface area contributed by atoms with Gasteiger partial charge in [-0.15, -0.1) is 0 Å². The Labute approximate surface area is 177 Å². The number of H-pyrrole nitrogens is 1. The summed E-state index contributed by atoms with van der Waals surface area (Å²) in [5.41, 5.74) is 2.58. The fraction of sp³-hybridized carbons (Fsp3) is 0.190. The summed E-state index contributed by atoms with van der Waals surface area (Å²) >= 11 is 5.34. The number of hydrogen-bond acceptors (Lipinski definition) is 6. The molecule has 0 radical (unpaired) electrons. The highest BCUT2D eigenvalue weighted by Gasteiger charge is 2.17. The molecule has 0 aliphatic heterocycles. The van der Waals surface area contributed by atoms with E-state index in [1.54, 1.807) is 25.6 Å². The van der Waals surface area contributed by atoms with E-state index >= 15 is 0 Å². The van der Waals surface area contributed by atoms with Crippen LogP contribution in [0.5, 0.6) is 5.75 Å². The predicted octanol–water partition coefficient (Wildman–Crippen LogP) is 3.54. The molecular weight excluding hydrogens is 400 g/mol. The van der Waals surface area contributed by atoms with Gasteiger partial charge < -0.3 is 9.30 Å². The second-order valence-electron chi connectivity index (χ2n) is 6.66. The third-order valence-corrected chi connectivity index (χ3v) is 4.99. The summed E-state index contributed by atoms with van der Waals surface area (Å²) < 4.78 is 8.83. The second-order valence-corrected chi connectivity index (χ2v) is 7.05. The third kappa shape index (κ3) is 3.55. The van der Waals surface area contributed by atoms with E-state index < -0.39 is 0 Å². The molecule has 1 N–H and O–H groups in total. The molecule has 0 atom stereocenters. The standard InChI is InChI=1S/C21H20N6O2S/c1-4-26-12-17(18(28)16-10-5-13(2)23-19(16)26)20-24-25-21(30)27(20)22-11-14-6-8-15(29-3)9-7-14/h5-12H,4H2,1-3H3,(H,25,30)/b22-11+. The van der Waals surface area contributed by atoms with Crippen LogP contribution in [0, 0.1) is 11.7 Å². The van der Waals surface area contributed by atoms with Gasteiger partial charge in [0, 0.05) is 18.4 Å². The van der Waals surface area contributed by atoms with Gasteiger partial charge in [-0.1, -0.05) is 0 Å². The molecule has 0 spiro atoms. The largest absolute Gasteiger partial charge is 0.497 e. The van der Waals surface area contributed by atoms with Gasteiger partial charge in [-0.3, -0.25) is 4.79 Å². The van der Waals surface area contributed by atoms with Crippen LogP contribution in [0.2, 0.25) is 0 Å². The molecular formula is C21H20N6O2S. The average Bonchev–Trinajstić information content (AvgIpc) is 3.13. The molecule has 9 heteroatoms. The van der Waals surface area contributed by atoms with E-state index in [1.807, 2.05) is 48.7 Å². The number of aromatic amines is 1. The number of pyridine rings is 2. The van der Waals surface area contributed by atoms with E-state index in [2.05, 4.69) is 20.3 Å². The van der Waals surface area contributed by atoms with Crippen molar-refractivity contribution in [2.75, 3.05) is 7.11 Å². The average molecular weight is 420 g/mol. The number of nitrogens with zero attached hydrogens (tertiary/aromatic N) is 5. The van der Waals surface area contributed by atoms with Gasteiger partial charge in [0.1, 0.15) is 11.4 Å². The van der Waals surface area contributed by atoms with Crippen molar-refractivity contribution in [2.45, 2.75) is 20.4 Å². The number of aromatic nitrogens is 5. The lowest BCUT2D eigenvalue weighted by Gasteiger charge is -2.11. The monoisotopic (exact) mass is 420 g/mol. The Morgan fingerprint density at radius 2 is 2.00 bits per heavy atom. The predicted molar refractivity (Wildman–Crippen MR) is 119 cm³/mol. The maximum Gasteiger partial charge on any atom is 0.216 e. The van der Waals surface area contributed by atoms with E-state index in [0.29, 0.717) is 33.7 Å². The van der Waals surface area contributed by atoms with Crippen molar-refractivity contribution in [1.29, 1.82) is 0 Å². The Bertz CT molecular complexity index is 1370. The maximum absolute atomic E-state index is 13.2. The molecule has 3 aromatic heterocycles. The summed E-state index contributed by atoms with van der Waals surface area (Å²) in [6.45, 7) is 4.55. The summed E-state index contributed by atoms with van der Waals surface area (Å²) in [6.07, 6.45) is 3.40. The molecule has 0 fully saturated rings. The number of benzene rings is 1. The van der Waals surface area contributed by atoms with Crippen LogP contribution in [0.15, 0.2) is 52.5 Å². The van der Waals surface area contributed by atoms with Gasteiger partial charge in [-0.05, 0) is 68.0 Å². The zero-order chi connectivity index (χ0) is 21.3. The normalized spacial score (nSPS) is 11.4. The SMILES string of the molecule is CCn1cc(-c2n[nH]c(=S)n2/N=C/c2ccc(OC)cc2)c(=O)c2ccc(C)nc21. The first-order valence-corrected chi connectivity index (χ1v) is 9.79. The first kappa shape index (κ1) is 19.7. The van der Waals surface area contributed by atoms with Crippen LogP contribution in [-0.2, 0) is 6.54 Å². The lowest BCUT2D eigenvalue weighted by atomic mass is 10.1. The third-order valence-electron chi connectivity index (χ3n) is 4.73. The summed E-state index contributed by atoms with van der Waals surface area (Å²) in [5.74, 6) is 1.10. The van der Waals surface area contributed by atoms with Crippen LogP contribution >= 0.6 is 12.2 Å². The number of fused-ring (bicyclic) bond motifs is 1. The van der Waals surface area contributed by atoms with Crippen LogP contribution < -0.4 is 10.2 Å². The van der Waals surface area contributed by atoms with Gasteiger partial charge in [0.15, 0.2) is 5.82 Å². The molecule has 3 heterocycles. The molecule has 0 aliphatic rings. The minimum atomic E-state index is -0.169.